The molecule has 1 aromatic heterocycles. The van der Waals surface area contributed by atoms with Gasteiger partial charge in [-0.15, -0.1) is 0 Å². The van der Waals surface area contributed by atoms with E-state index in [-0.39, 0.29) is 5.41 Å². The van der Waals surface area contributed by atoms with E-state index in [1.165, 1.54) is 29.7 Å². The van der Waals surface area contributed by atoms with E-state index in [1.54, 1.807) is 0 Å². The van der Waals surface area contributed by atoms with Crippen LogP contribution in [0.25, 0.3) is 0 Å². The van der Waals surface area contributed by atoms with Crippen molar-refractivity contribution in [3.63, 3.8) is 0 Å². The summed E-state index contributed by atoms with van der Waals surface area (Å²) in [6.07, 6.45) is 6.56. The highest BCUT2D eigenvalue weighted by molar-refractivity contribution is 6.04. The molecule has 3 nitrogen and oxygen atoms in total. The Balaban J connectivity index is 2.21. The predicted octanol–water partition coefficient (Wildman–Crippen LogP) is 3.42. The molecule has 0 saturated carbocycles. The lowest BCUT2D eigenvalue weighted by Crippen LogP contribution is -2.30. The topological polar surface area (TPSA) is 45.5 Å². The minimum atomic E-state index is 0.136. The van der Waals surface area contributed by atoms with E-state index in [9.17, 15) is 5.21 Å². The van der Waals surface area contributed by atoms with E-state index in [0.717, 1.165) is 42.7 Å². The maximum absolute atomic E-state index is 9.36. The molecule has 0 saturated heterocycles. The van der Waals surface area contributed by atoms with Crippen LogP contribution in [0.1, 0.15) is 61.2 Å². The van der Waals surface area contributed by atoms with Gasteiger partial charge in [0.1, 0.15) is 0 Å². The quantitative estimate of drug-likeness (QED) is 0.572. The molecule has 19 heavy (non-hydrogen) atoms. The molecule has 1 aromatic rings. The van der Waals surface area contributed by atoms with Gasteiger partial charge in [0.15, 0.2) is 0 Å². The molecule has 0 spiro atoms. The van der Waals surface area contributed by atoms with Crippen molar-refractivity contribution < 1.29 is 5.21 Å². The molecule has 2 aliphatic carbocycles. The number of aromatic nitrogens is 1. The van der Waals surface area contributed by atoms with Crippen molar-refractivity contribution in [3.05, 3.63) is 28.1 Å². The summed E-state index contributed by atoms with van der Waals surface area (Å²) in [6.45, 7) is 6.61. The molecule has 0 amide bonds. The number of hydrogen-bond acceptors (Lipinski definition) is 3. The second-order valence-electron chi connectivity index (χ2n) is 6.76. The zero-order valence-electron chi connectivity index (χ0n) is 12.1. The minimum Gasteiger partial charge on any atom is -0.411 e. The molecule has 0 bridgehead atoms. The third kappa shape index (κ3) is 2.05. The van der Waals surface area contributed by atoms with Crippen LogP contribution < -0.4 is 0 Å². The van der Waals surface area contributed by atoms with Gasteiger partial charge < -0.3 is 5.21 Å². The number of aryl methyl sites for hydroxylation is 1. The summed E-state index contributed by atoms with van der Waals surface area (Å²) in [6, 6.07) is 0. The Hall–Kier alpha value is -1.38. The largest absolute Gasteiger partial charge is 0.411 e. The molecular formula is C16H22N2O. The molecular weight excluding hydrogens is 236 g/mol. The van der Waals surface area contributed by atoms with Crippen LogP contribution >= 0.6 is 0 Å². The van der Waals surface area contributed by atoms with Gasteiger partial charge in [-0.25, -0.2) is 0 Å². The molecule has 0 fully saturated rings. The van der Waals surface area contributed by atoms with Crippen LogP contribution in [0.3, 0.4) is 0 Å². The summed E-state index contributed by atoms with van der Waals surface area (Å²) in [5.74, 6) is 0. The van der Waals surface area contributed by atoms with E-state index in [4.69, 9.17) is 4.98 Å². The van der Waals surface area contributed by atoms with E-state index in [2.05, 4.69) is 25.9 Å². The average molecular weight is 258 g/mol. The lowest BCUT2D eigenvalue weighted by Gasteiger charge is -2.33. The fraction of sp³-hybridized carbons (Fsp3) is 0.625. The van der Waals surface area contributed by atoms with E-state index < -0.39 is 0 Å². The Morgan fingerprint density at radius 2 is 1.84 bits per heavy atom. The molecule has 0 atom stereocenters. The number of fused-ring (bicyclic) bond motifs is 2. The van der Waals surface area contributed by atoms with Crippen molar-refractivity contribution >= 4 is 5.71 Å². The fourth-order valence-corrected chi connectivity index (χ4v) is 3.66. The second-order valence-corrected chi connectivity index (χ2v) is 6.76. The first-order valence-electron chi connectivity index (χ1n) is 7.24. The molecule has 0 aliphatic heterocycles. The van der Waals surface area contributed by atoms with Crippen LogP contribution in [0, 0.1) is 12.3 Å². The third-order valence-corrected chi connectivity index (χ3v) is 4.53. The van der Waals surface area contributed by atoms with Crippen molar-refractivity contribution in [2.45, 2.75) is 59.3 Å². The highest BCUT2D eigenvalue weighted by Crippen LogP contribution is 2.38. The van der Waals surface area contributed by atoms with Crippen LogP contribution in [-0.4, -0.2) is 15.9 Å². The first kappa shape index (κ1) is 12.6. The van der Waals surface area contributed by atoms with Gasteiger partial charge in [-0.2, -0.15) is 0 Å². The maximum Gasteiger partial charge on any atom is 0.0894 e. The molecule has 3 heteroatoms. The number of oxime groups is 1. The van der Waals surface area contributed by atoms with Crippen molar-refractivity contribution in [2.75, 3.05) is 0 Å². The molecule has 1 heterocycles. The monoisotopic (exact) mass is 258 g/mol. The lowest BCUT2D eigenvalue weighted by atomic mass is 9.73. The molecule has 3 rings (SSSR count). The Kier molecular flexibility index (Phi) is 2.88. The minimum absolute atomic E-state index is 0.136. The third-order valence-electron chi connectivity index (χ3n) is 4.53. The molecule has 0 aromatic carbocycles. The maximum atomic E-state index is 9.36. The molecule has 0 radical (unpaired) electrons. The van der Waals surface area contributed by atoms with Crippen LogP contribution in [0.15, 0.2) is 5.16 Å². The molecule has 1 N–H and O–H groups in total. The summed E-state index contributed by atoms with van der Waals surface area (Å²) in [4.78, 5) is 4.92. The number of rotatable bonds is 0. The molecule has 102 valence electrons. The van der Waals surface area contributed by atoms with Crippen LogP contribution in [0.4, 0.5) is 0 Å². The van der Waals surface area contributed by atoms with Gasteiger partial charge in [0.2, 0.25) is 0 Å². The van der Waals surface area contributed by atoms with E-state index in [1.807, 2.05) is 0 Å². The van der Waals surface area contributed by atoms with Crippen molar-refractivity contribution in [3.8, 4) is 0 Å². The summed E-state index contributed by atoms with van der Waals surface area (Å²) < 4.78 is 0. The Morgan fingerprint density at radius 3 is 2.58 bits per heavy atom. The molecule has 0 unspecified atom stereocenters. The van der Waals surface area contributed by atoms with Gasteiger partial charge >= 0.3 is 0 Å². The second kappa shape index (κ2) is 4.32. The summed E-state index contributed by atoms with van der Waals surface area (Å²) in [5.41, 5.74) is 7.23. The van der Waals surface area contributed by atoms with Crippen molar-refractivity contribution in [1.82, 2.24) is 4.98 Å². The SMILES string of the molecule is Cc1c2c(nc3c1/C(=N/O)CC(C)(C)C3)CCCC2. The highest BCUT2D eigenvalue weighted by atomic mass is 16.4. The Morgan fingerprint density at radius 1 is 1.11 bits per heavy atom. The first-order chi connectivity index (χ1) is 9.02. The van der Waals surface area contributed by atoms with Gasteiger partial charge in [0.25, 0.3) is 0 Å². The predicted molar refractivity (Wildman–Crippen MR) is 76.0 cm³/mol. The summed E-state index contributed by atoms with van der Waals surface area (Å²) >= 11 is 0. The van der Waals surface area contributed by atoms with E-state index >= 15 is 0 Å². The zero-order chi connectivity index (χ0) is 13.6. The lowest BCUT2D eigenvalue weighted by molar-refractivity contribution is 0.305. The normalized spacial score (nSPS) is 23.0. The fourth-order valence-electron chi connectivity index (χ4n) is 3.66. The standard InChI is InChI=1S/C16H22N2O/c1-10-11-6-4-5-7-12(11)17-13-8-16(2,3)9-14(18-19)15(10)13/h19H,4-9H2,1-3H3/b18-14+. The van der Waals surface area contributed by atoms with Gasteiger partial charge in [0.05, 0.1) is 11.4 Å². The number of hydrogen-bond donors (Lipinski definition) is 1. The van der Waals surface area contributed by atoms with Crippen molar-refractivity contribution in [2.24, 2.45) is 10.6 Å². The highest BCUT2D eigenvalue weighted by Gasteiger charge is 2.33. The Labute approximate surface area is 114 Å². The number of nitrogens with zero attached hydrogens (tertiary/aromatic N) is 2. The summed E-state index contributed by atoms with van der Waals surface area (Å²) in [7, 11) is 0. The van der Waals surface area contributed by atoms with Crippen LogP contribution in [0.2, 0.25) is 0 Å². The van der Waals surface area contributed by atoms with Crippen molar-refractivity contribution in [1.29, 1.82) is 0 Å². The van der Waals surface area contributed by atoms with Gasteiger partial charge in [-0.05, 0) is 62.0 Å². The first-order valence-corrected chi connectivity index (χ1v) is 7.24. The van der Waals surface area contributed by atoms with E-state index in [0.29, 0.717) is 0 Å². The number of pyridine rings is 1. The van der Waals surface area contributed by atoms with Gasteiger partial charge in [0, 0.05) is 11.3 Å². The average Bonchev–Trinajstić information content (AvgIpc) is 2.36. The van der Waals surface area contributed by atoms with Gasteiger partial charge in [-0.3, -0.25) is 4.98 Å². The summed E-state index contributed by atoms with van der Waals surface area (Å²) in [5, 5.41) is 12.9. The Bertz CT molecular complexity index is 558. The van der Waals surface area contributed by atoms with Crippen LogP contribution in [-0.2, 0) is 19.3 Å². The smallest absolute Gasteiger partial charge is 0.0894 e. The molecule has 2 aliphatic rings. The van der Waals surface area contributed by atoms with Crippen LogP contribution in [0.5, 0.6) is 0 Å². The zero-order valence-corrected chi connectivity index (χ0v) is 12.1. The van der Waals surface area contributed by atoms with Gasteiger partial charge in [-0.1, -0.05) is 19.0 Å².